The molecule has 0 N–H and O–H groups in total. The molecule has 0 saturated carbocycles. The summed E-state index contributed by atoms with van der Waals surface area (Å²) in [6, 6.07) is 2.01. The third-order valence-corrected chi connectivity index (χ3v) is 6.62. The molecule has 236 valence electrons. The van der Waals surface area contributed by atoms with E-state index in [-0.39, 0.29) is 24.3 Å². The van der Waals surface area contributed by atoms with Gasteiger partial charge in [0.2, 0.25) is 11.6 Å². The fraction of sp³-hybridized carbons (Fsp3) is 0.0769. The number of alkyl halides is 6. The Morgan fingerprint density at radius 2 is 0.911 bits per heavy atom. The molecule has 4 aromatic rings. The number of hydrogen-bond acceptors (Lipinski definition) is 5. The molecule has 0 radical (unpaired) electrons. The molecule has 0 saturated heterocycles. The van der Waals surface area contributed by atoms with Gasteiger partial charge < -0.3 is 4.74 Å². The maximum Gasteiger partial charge on any atom is 0.416 e. The summed E-state index contributed by atoms with van der Waals surface area (Å²) in [6.45, 7) is 0. The molecule has 0 unspecified atom stereocenters. The van der Waals surface area contributed by atoms with Gasteiger partial charge in [-0.05, 0) is 36.4 Å². The van der Waals surface area contributed by atoms with Crippen molar-refractivity contribution in [1.82, 2.24) is 0 Å². The maximum atomic E-state index is 15.5. The Morgan fingerprint density at radius 1 is 0.578 bits per heavy atom. The van der Waals surface area contributed by atoms with Gasteiger partial charge in [0.05, 0.1) is 42.1 Å². The minimum atomic E-state index is -5.15. The van der Waals surface area contributed by atoms with Gasteiger partial charge in [-0.1, -0.05) is 23.2 Å². The summed E-state index contributed by atoms with van der Waals surface area (Å²) in [5.74, 6) is -9.69. The van der Waals surface area contributed by atoms with Crippen LogP contribution < -0.4 is 4.74 Å². The van der Waals surface area contributed by atoms with E-state index in [1.807, 2.05) is 0 Å². The van der Waals surface area contributed by atoms with Crippen LogP contribution in [-0.4, -0.2) is 9.85 Å². The van der Waals surface area contributed by atoms with Crippen molar-refractivity contribution in [3.63, 3.8) is 0 Å². The molecule has 7 nitrogen and oxygen atoms in total. The van der Waals surface area contributed by atoms with Crippen molar-refractivity contribution in [3.05, 3.63) is 113 Å². The Balaban J connectivity index is 2.05. The van der Waals surface area contributed by atoms with Crippen LogP contribution in [0.25, 0.3) is 22.3 Å². The number of nitrogens with zero attached hydrogens (tertiary/aromatic N) is 2. The number of ether oxygens (including phenoxy) is 1. The summed E-state index contributed by atoms with van der Waals surface area (Å²) < 4.78 is 146. The van der Waals surface area contributed by atoms with E-state index in [9.17, 15) is 46.6 Å². The highest BCUT2D eigenvalue weighted by atomic mass is 35.5. The van der Waals surface area contributed by atoms with E-state index < -0.39 is 112 Å². The molecule has 0 spiro atoms. The van der Waals surface area contributed by atoms with E-state index in [0.717, 1.165) is 0 Å². The third kappa shape index (κ3) is 6.30. The largest absolute Gasteiger partial charge is 0.456 e. The van der Waals surface area contributed by atoms with Crippen LogP contribution in [0.3, 0.4) is 0 Å². The van der Waals surface area contributed by atoms with Crippen LogP contribution in [-0.2, 0) is 12.4 Å². The molecule has 0 bridgehead atoms. The lowest BCUT2D eigenvalue weighted by Gasteiger charge is -2.19. The lowest BCUT2D eigenvalue weighted by Crippen LogP contribution is -2.08. The van der Waals surface area contributed by atoms with Crippen molar-refractivity contribution in [3.8, 4) is 33.8 Å². The second-order valence-corrected chi connectivity index (χ2v) is 9.60. The molecule has 0 aliphatic heterocycles. The molecule has 0 atom stereocenters. The smallest absolute Gasteiger partial charge is 0.416 e. The van der Waals surface area contributed by atoms with Gasteiger partial charge in [-0.3, -0.25) is 20.2 Å². The average molecular weight is 689 g/mol. The van der Waals surface area contributed by atoms with E-state index >= 15 is 17.6 Å². The second-order valence-electron chi connectivity index (χ2n) is 8.79. The van der Waals surface area contributed by atoms with Crippen LogP contribution in [0.2, 0.25) is 10.0 Å². The quantitative estimate of drug-likeness (QED) is 0.114. The number of nitro groups is 2. The minimum Gasteiger partial charge on any atom is -0.456 e. The first-order valence-corrected chi connectivity index (χ1v) is 12.2. The van der Waals surface area contributed by atoms with Gasteiger partial charge in [0.1, 0.15) is 23.1 Å². The van der Waals surface area contributed by atoms with Gasteiger partial charge in [-0.15, -0.1) is 0 Å². The molecule has 4 aromatic carbocycles. The number of halogens is 12. The zero-order valence-corrected chi connectivity index (χ0v) is 22.6. The summed E-state index contributed by atoms with van der Waals surface area (Å²) in [7, 11) is 0. The highest BCUT2D eigenvalue weighted by molar-refractivity contribution is 6.34. The zero-order chi connectivity index (χ0) is 33.8. The van der Waals surface area contributed by atoms with Crippen molar-refractivity contribution < 1.29 is 58.5 Å². The Morgan fingerprint density at radius 3 is 1.18 bits per heavy atom. The van der Waals surface area contributed by atoms with Gasteiger partial charge in [0.15, 0.2) is 0 Å². The van der Waals surface area contributed by atoms with Gasteiger partial charge >= 0.3 is 23.7 Å². The van der Waals surface area contributed by atoms with Gasteiger partial charge in [-0.25, -0.2) is 8.78 Å². The highest BCUT2D eigenvalue weighted by Crippen LogP contribution is 2.49. The second kappa shape index (κ2) is 11.7. The van der Waals surface area contributed by atoms with Crippen LogP contribution in [0.5, 0.6) is 11.5 Å². The topological polar surface area (TPSA) is 95.5 Å². The summed E-state index contributed by atoms with van der Waals surface area (Å²) >= 11 is 11.7. The summed E-state index contributed by atoms with van der Waals surface area (Å²) in [5, 5.41) is 20.5. The minimum absolute atomic E-state index is 0.127. The molecule has 0 fully saturated rings. The van der Waals surface area contributed by atoms with E-state index in [2.05, 4.69) is 0 Å². The highest BCUT2D eigenvalue weighted by Gasteiger charge is 2.36. The van der Waals surface area contributed by atoms with E-state index in [4.69, 9.17) is 27.9 Å². The van der Waals surface area contributed by atoms with Gasteiger partial charge in [-0.2, -0.15) is 35.1 Å². The summed E-state index contributed by atoms with van der Waals surface area (Å²) in [6.07, 6.45) is -10.3. The number of hydrogen-bond donors (Lipinski definition) is 0. The average Bonchev–Trinajstić information content (AvgIpc) is 2.89. The predicted molar refractivity (Wildman–Crippen MR) is 137 cm³/mol. The maximum absolute atomic E-state index is 15.5. The Kier molecular flexibility index (Phi) is 8.65. The standard InChI is InChI=1S/C26H8Cl2F10N2O5/c27-11-5-9(25(33,34)35)7-13(29)19(11)21-17(3-1-15(23(21)31)39(41)42)45-18-4-2-16(40(43)44)24(32)22(18)20-12(28)6-10(8-14(20)30)26(36,37)38/h1-8H. The number of rotatable bonds is 6. The lowest BCUT2D eigenvalue weighted by atomic mass is 9.99. The van der Waals surface area contributed by atoms with Gasteiger partial charge in [0, 0.05) is 23.3 Å². The van der Waals surface area contributed by atoms with Crippen molar-refractivity contribution in [2.24, 2.45) is 0 Å². The Bertz CT molecular complexity index is 1720. The van der Waals surface area contributed by atoms with Gasteiger partial charge in [0.25, 0.3) is 0 Å². The Hall–Kier alpha value is -4.64. The van der Waals surface area contributed by atoms with Crippen molar-refractivity contribution in [1.29, 1.82) is 0 Å². The fourth-order valence-corrected chi connectivity index (χ4v) is 4.69. The lowest BCUT2D eigenvalue weighted by molar-refractivity contribution is -0.387. The van der Waals surface area contributed by atoms with E-state index in [0.29, 0.717) is 24.3 Å². The van der Waals surface area contributed by atoms with E-state index in [1.54, 1.807) is 0 Å². The molecular weight excluding hydrogens is 681 g/mol. The summed E-state index contributed by atoms with van der Waals surface area (Å²) in [4.78, 5) is 20.2. The molecule has 0 aliphatic carbocycles. The third-order valence-electron chi connectivity index (χ3n) is 6.02. The van der Waals surface area contributed by atoms with Crippen LogP contribution in [0, 0.1) is 43.5 Å². The molecule has 0 amide bonds. The predicted octanol–water partition coefficient (Wildman–Crippen LogP) is 10.5. The van der Waals surface area contributed by atoms with E-state index in [1.165, 1.54) is 0 Å². The van der Waals surface area contributed by atoms with Crippen molar-refractivity contribution in [2.75, 3.05) is 0 Å². The number of nitro benzene ring substituents is 2. The Labute approximate surface area is 252 Å². The van der Waals surface area contributed by atoms with Crippen LogP contribution >= 0.6 is 23.2 Å². The molecule has 0 aromatic heterocycles. The van der Waals surface area contributed by atoms with Crippen molar-refractivity contribution in [2.45, 2.75) is 12.4 Å². The molecule has 4 rings (SSSR count). The first-order chi connectivity index (χ1) is 20.7. The normalized spacial score (nSPS) is 11.9. The molecule has 0 aliphatic rings. The molecule has 45 heavy (non-hydrogen) atoms. The van der Waals surface area contributed by atoms with Crippen LogP contribution in [0.1, 0.15) is 11.1 Å². The van der Waals surface area contributed by atoms with Crippen LogP contribution in [0.15, 0.2) is 48.5 Å². The van der Waals surface area contributed by atoms with Crippen molar-refractivity contribution >= 4 is 34.6 Å². The van der Waals surface area contributed by atoms with Crippen LogP contribution in [0.4, 0.5) is 55.3 Å². The monoisotopic (exact) mass is 688 g/mol. The SMILES string of the molecule is O=[N+]([O-])c1ccc(Oc2ccc([N+](=O)[O-])c(F)c2-c2c(F)cc(C(F)(F)F)cc2Cl)c(-c2c(F)cc(C(F)(F)F)cc2Cl)c1F. The zero-order valence-electron chi connectivity index (χ0n) is 21.1. The number of benzene rings is 4. The summed E-state index contributed by atoms with van der Waals surface area (Å²) in [5.41, 5.74) is -11.1. The molecular formula is C26H8Cl2F10N2O5. The first-order valence-electron chi connectivity index (χ1n) is 11.5. The fourth-order valence-electron chi connectivity index (χ4n) is 4.08. The first kappa shape index (κ1) is 33.3. The molecule has 0 heterocycles. The molecule has 19 heteroatoms.